The number of hydrogen-bond acceptors (Lipinski definition) is 3. The standard InChI is InChI=1S/C18H21N5S.HI/c1-19-17(20-11-16-13-23-9-10-24-18(23)21-16)22-8-7-15(12-22)14-5-3-2-4-6-14;/h2-6,9-10,13,15H,7-8,11-12H2,1H3,(H,19,20);1H. The molecule has 0 spiro atoms. The third-order valence-corrected chi connectivity index (χ3v) is 5.31. The number of guanidine groups is 1. The normalized spacial score (nSPS) is 17.7. The largest absolute Gasteiger partial charge is 0.351 e. The van der Waals surface area contributed by atoms with Crippen molar-refractivity contribution in [2.45, 2.75) is 18.9 Å². The van der Waals surface area contributed by atoms with Crippen LogP contribution in [0.2, 0.25) is 0 Å². The zero-order valence-corrected chi connectivity index (χ0v) is 17.3. The first-order valence-electron chi connectivity index (χ1n) is 8.25. The van der Waals surface area contributed by atoms with Gasteiger partial charge in [0.05, 0.1) is 12.2 Å². The molecular weight excluding hydrogens is 445 g/mol. The van der Waals surface area contributed by atoms with Gasteiger partial charge < -0.3 is 10.2 Å². The smallest absolute Gasteiger partial charge is 0.193 e. The second-order valence-electron chi connectivity index (χ2n) is 6.07. The molecule has 1 fully saturated rings. The first-order chi connectivity index (χ1) is 11.8. The third-order valence-electron chi connectivity index (χ3n) is 4.54. The minimum absolute atomic E-state index is 0. The Kier molecular flexibility index (Phi) is 5.95. The number of benzene rings is 1. The van der Waals surface area contributed by atoms with Crippen molar-refractivity contribution in [3.05, 3.63) is 59.4 Å². The SMILES string of the molecule is CN=C(NCc1cn2ccsc2n1)N1CCC(c2ccccc2)C1.I. The zero-order chi connectivity index (χ0) is 16.4. The van der Waals surface area contributed by atoms with E-state index < -0.39 is 0 Å². The lowest BCUT2D eigenvalue weighted by atomic mass is 9.99. The highest BCUT2D eigenvalue weighted by Gasteiger charge is 2.25. The molecule has 132 valence electrons. The molecule has 1 N–H and O–H groups in total. The van der Waals surface area contributed by atoms with Crippen molar-refractivity contribution < 1.29 is 0 Å². The average molecular weight is 467 g/mol. The maximum Gasteiger partial charge on any atom is 0.193 e. The van der Waals surface area contributed by atoms with E-state index in [1.54, 1.807) is 11.3 Å². The second kappa shape index (κ2) is 8.18. The molecular formula is C18H22IN5S. The number of aliphatic imine (C=N–C) groups is 1. The summed E-state index contributed by atoms with van der Waals surface area (Å²) in [5, 5.41) is 5.50. The lowest BCUT2D eigenvalue weighted by Crippen LogP contribution is -2.39. The molecule has 3 aromatic rings. The van der Waals surface area contributed by atoms with E-state index in [2.05, 4.69) is 61.1 Å². The lowest BCUT2D eigenvalue weighted by Gasteiger charge is -2.21. The Balaban J connectivity index is 0.00000182. The van der Waals surface area contributed by atoms with Crippen LogP contribution in [0.1, 0.15) is 23.6 Å². The molecule has 7 heteroatoms. The van der Waals surface area contributed by atoms with Gasteiger partial charge in [-0.1, -0.05) is 30.3 Å². The maximum atomic E-state index is 4.61. The zero-order valence-electron chi connectivity index (χ0n) is 14.1. The number of imidazole rings is 1. The van der Waals surface area contributed by atoms with Crippen molar-refractivity contribution in [1.82, 2.24) is 19.6 Å². The molecule has 0 radical (unpaired) electrons. The molecule has 1 aliphatic rings. The molecule has 1 aliphatic heterocycles. The van der Waals surface area contributed by atoms with Gasteiger partial charge in [0.25, 0.3) is 0 Å². The molecule has 1 unspecified atom stereocenters. The van der Waals surface area contributed by atoms with Gasteiger partial charge in [0.1, 0.15) is 0 Å². The van der Waals surface area contributed by atoms with Gasteiger partial charge >= 0.3 is 0 Å². The van der Waals surface area contributed by atoms with Crippen molar-refractivity contribution in [2.24, 2.45) is 4.99 Å². The number of rotatable bonds is 3. The van der Waals surface area contributed by atoms with Crippen molar-refractivity contribution >= 4 is 46.2 Å². The van der Waals surface area contributed by atoms with E-state index in [0.29, 0.717) is 12.5 Å². The van der Waals surface area contributed by atoms with Crippen molar-refractivity contribution in [3.8, 4) is 0 Å². The van der Waals surface area contributed by atoms with Crippen LogP contribution in [-0.4, -0.2) is 40.4 Å². The number of nitrogens with one attached hydrogen (secondary N) is 1. The molecule has 0 bridgehead atoms. The van der Waals surface area contributed by atoms with Gasteiger partial charge in [0, 0.05) is 43.8 Å². The second-order valence-corrected chi connectivity index (χ2v) is 6.94. The van der Waals surface area contributed by atoms with Crippen molar-refractivity contribution in [1.29, 1.82) is 0 Å². The van der Waals surface area contributed by atoms with E-state index in [1.165, 1.54) is 12.0 Å². The van der Waals surface area contributed by atoms with Gasteiger partial charge in [-0.3, -0.25) is 9.39 Å². The topological polar surface area (TPSA) is 44.9 Å². The fourth-order valence-electron chi connectivity index (χ4n) is 3.31. The highest BCUT2D eigenvalue weighted by atomic mass is 127. The average Bonchev–Trinajstić information content (AvgIpc) is 3.32. The van der Waals surface area contributed by atoms with E-state index in [4.69, 9.17) is 0 Å². The van der Waals surface area contributed by atoms with Gasteiger partial charge in [0.15, 0.2) is 10.9 Å². The minimum atomic E-state index is 0. The van der Waals surface area contributed by atoms with Gasteiger partial charge in [-0.2, -0.15) is 0 Å². The van der Waals surface area contributed by atoms with Gasteiger partial charge in [-0.15, -0.1) is 35.3 Å². The highest BCUT2D eigenvalue weighted by molar-refractivity contribution is 14.0. The Labute approximate surface area is 168 Å². The number of halogens is 1. The first kappa shape index (κ1) is 18.2. The lowest BCUT2D eigenvalue weighted by molar-refractivity contribution is 0.485. The summed E-state index contributed by atoms with van der Waals surface area (Å²) < 4.78 is 2.06. The van der Waals surface area contributed by atoms with Gasteiger partial charge in [0.2, 0.25) is 0 Å². The molecule has 25 heavy (non-hydrogen) atoms. The van der Waals surface area contributed by atoms with E-state index in [-0.39, 0.29) is 24.0 Å². The van der Waals surface area contributed by atoms with Crippen LogP contribution in [0.5, 0.6) is 0 Å². The van der Waals surface area contributed by atoms with E-state index in [0.717, 1.165) is 29.7 Å². The summed E-state index contributed by atoms with van der Waals surface area (Å²) in [6, 6.07) is 10.8. The van der Waals surface area contributed by atoms with Crippen LogP contribution in [0.15, 0.2) is 53.1 Å². The van der Waals surface area contributed by atoms with Gasteiger partial charge in [-0.05, 0) is 12.0 Å². The number of likely N-dealkylation sites (tertiary alicyclic amines) is 1. The molecule has 0 saturated carbocycles. The number of thiazole rings is 1. The molecule has 1 saturated heterocycles. The Bertz CT molecular complexity index is 813. The summed E-state index contributed by atoms with van der Waals surface area (Å²) in [4.78, 5) is 12.4. The maximum absolute atomic E-state index is 4.61. The van der Waals surface area contributed by atoms with E-state index >= 15 is 0 Å². The summed E-state index contributed by atoms with van der Waals surface area (Å²) in [5.41, 5.74) is 2.46. The Morgan fingerprint density at radius 3 is 2.96 bits per heavy atom. The third kappa shape index (κ3) is 3.98. The number of fused-ring (bicyclic) bond motifs is 1. The summed E-state index contributed by atoms with van der Waals surface area (Å²) >= 11 is 1.65. The summed E-state index contributed by atoms with van der Waals surface area (Å²) in [6.45, 7) is 2.76. The Morgan fingerprint density at radius 1 is 1.36 bits per heavy atom. The molecule has 4 rings (SSSR count). The van der Waals surface area contributed by atoms with Crippen LogP contribution in [0, 0.1) is 0 Å². The Morgan fingerprint density at radius 2 is 2.20 bits per heavy atom. The van der Waals surface area contributed by atoms with Crippen LogP contribution in [0.25, 0.3) is 4.96 Å². The van der Waals surface area contributed by atoms with Crippen LogP contribution in [0.4, 0.5) is 0 Å². The molecule has 0 amide bonds. The van der Waals surface area contributed by atoms with Gasteiger partial charge in [-0.25, -0.2) is 4.98 Å². The summed E-state index contributed by atoms with van der Waals surface area (Å²) in [6.07, 6.45) is 5.28. The van der Waals surface area contributed by atoms with Crippen molar-refractivity contribution in [3.63, 3.8) is 0 Å². The predicted octanol–water partition coefficient (Wildman–Crippen LogP) is 3.58. The van der Waals surface area contributed by atoms with Crippen LogP contribution in [-0.2, 0) is 6.54 Å². The van der Waals surface area contributed by atoms with Crippen molar-refractivity contribution in [2.75, 3.05) is 20.1 Å². The molecule has 2 aromatic heterocycles. The summed E-state index contributed by atoms with van der Waals surface area (Å²) in [5.74, 6) is 1.55. The Hall–Kier alpha value is -1.61. The van der Waals surface area contributed by atoms with Crippen LogP contribution >= 0.6 is 35.3 Å². The molecule has 1 atom stereocenters. The van der Waals surface area contributed by atoms with E-state index in [1.807, 2.05) is 18.6 Å². The molecule has 3 heterocycles. The number of aromatic nitrogens is 2. The van der Waals surface area contributed by atoms with Crippen LogP contribution in [0.3, 0.4) is 0 Å². The monoisotopic (exact) mass is 467 g/mol. The fraction of sp³-hybridized carbons (Fsp3) is 0.333. The predicted molar refractivity (Wildman–Crippen MR) is 114 cm³/mol. The summed E-state index contributed by atoms with van der Waals surface area (Å²) in [7, 11) is 1.85. The first-order valence-corrected chi connectivity index (χ1v) is 9.13. The molecule has 5 nitrogen and oxygen atoms in total. The molecule has 1 aromatic carbocycles. The number of hydrogen-bond donors (Lipinski definition) is 1. The fourth-order valence-corrected chi connectivity index (χ4v) is 4.03. The number of nitrogens with zero attached hydrogens (tertiary/aromatic N) is 4. The van der Waals surface area contributed by atoms with E-state index in [9.17, 15) is 0 Å². The highest BCUT2D eigenvalue weighted by Crippen LogP contribution is 2.26. The molecule has 0 aliphatic carbocycles. The quantitative estimate of drug-likeness (QED) is 0.364. The van der Waals surface area contributed by atoms with Crippen LogP contribution < -0.4 is 5.32 Å². The minimum Gasteiger partial charge on any atom is -0.351 e.